The molecule has 0 aromatic rings. The number of alkyl halides is 1. The van der Waals surface area contributed by atoms with Crippen molar-refractivity contribution in [3.8, 4) is 0 Å². The number of aliphatic hydroxyl groups is 1. The normalized spacial score (nSPS) is 57.4. The fourth-order valence-electron chi connectivity index (χ4n) is 8.11. The maximum absolute atomic E-state index is 16.2. The van der Waals surface area contributed by atoms with Gasteiger partial charge in [0.1, 0.15) is 5.67 Å². The first-order valence-corrected chi connectivity index (χ1v) is 10.6. The van der Waals surface area contributed by atoms with Crippen molar-refractivity contribution in [3.63, 3.8) is 0 Å². The first kappa shape index (κ1) is 17.3. The largest absolute Gasteiger partial charge is 0.390 e. The lowest BCUT2D eigenvalue weighted by Gasteiger charge is -2.59. The van der Waals surface area contributed by atoms with Crippen LogP contribution in [0, 0.1) is 40.9 Å². The van der Waals surface area contributed by atoms with Crippen LogP contribution in [0.15, 0.2) is 0 Å². The van der Waals surface area contributed by atoms with Gasteiger partial charge in [-0.15, -0.1) is 0 Å². The molecule has 24 heavy (non-hydrogen) atoms. The first-order valence-electron chi connectivity index (χ1n) is 10.6. The third-order valence-electron chi connectivity index (χ3n) is 9.19. The minimum absolute atomic E-state index is 0.106. The quantitative estimate of drug-likeness (QED) is 0.646. The Morgan fingerprint density at radius 3 is 2.38 bits per heavy atom. The van der Waals surface area contributed by atoms with Gasteiger partial charge in [0.15, 0.2) is 0 Å². The van der Waals surface area contributed by atoms with E-state index in [2.05, 4.69) is 20.8 Å². The Labute approximate surface area is 147 Å². The molecule has 0 saturated heterocycles. The van der Waals surface area contributed by atoms with Crippen LogP contribution in [0.25, 0.3) is 0 Å². The van der Waals surface area contributed by atoms with Gasteiger partial charge in [-0.3, -0.25) is 0 Å². The van der Waals surface area contributed by atoms with Crippen LogP contribution in [0.2, 0.25) is 0 Å². The zero-order valence-electron chi connectivity index (χ0n) is 16.2. The standard InChI is InChI=1S/C22H37FO/c1-14(2)17-7-8-18-16-6-5-15-13-20(3,24)11-12-22(15,23)19(16)9-10-21(17,18)4/h14-19,24H,5-13H2,1-4H3/t15-,16+,17?,18+,19?,20-,21-,22-/m1/s1. The SMILES string of the molecule is CC(C)C1CC[C@H]2[C@@H]3CC[C@@H]4C[C@](C)(O)CC[C@]4(F)C3CC[C@]12C. The number of fused-ring (bicyclic) bond motifs is 5. The molecule has 4 aliphatic carbocycles. The zero-order chi connectivity index (χ0) is 17.3. The highest BCUT2D eigenvalue weighted by atomic mass is 19.1. The molecule has 138 valence electrons. The summed E-state index contributed by atoms with van der Waals surface area (Å²) in [4.78, 5) is 0. The van der Waals surface area contributed by atoms with E-state index in [1.807, 2.05) is 6.92 Å². The molecule has 0 aromatic heterocycles. The van der Waals surface area contributed by atoms with Gasteiger partial charge in [-0.25, -0.2) is 4.39 Å². The molecule has 2 heteroatoms. The smallest absolute Gasteiger partial charge is 0.117 e. The van der Waals surface area contributed by atoms with E-state index < -0.39 is 11.3 Å². The molecule has 0 heterocycles. The second-order valence-corrected chi connectivity index (χ2v) is 10.8. The number of halogens is 1. The van der Waals surface area contributed by atoms with Crippen molar-refractivity contribution in [2.24, 2.45) is 40.9 Å². The van der Waals surface area contributed by atoms with E-state index in [1.165, 1.54) is 25.7 Å². The summed E-state index contributed by atoms with van der Waals surface area (Å²) in [7, 11) is 0. The molecule has 2 unspecified atom stereocenters. The Bertz CT molecular complexity index is 500. The number of rotatable bonds is 1. The summed E-state index contributed by atoms with van der Waals surface area (Å²) in [5, 5.41) is 10.4. The molecule has 0 bridgehead atoms. The van der Waals surface area contributed by atoms with Crippen LogP contribution < -0.4 is 0 Å². The predicted octanol–water partition coefficient (Wildman–Crippen LogP) is 5.75. The van der Waals surface area contributed by atoms with Crippen LogP contribution in [0.1, 0.15) is 85.5 Å². The van der Waals surface area contributed by atoms with Gasteiger partial charge >= 0.3 is 0 Å². The van der Waals surface area contributed by atoms with Gasteiger partial charge in [-0.1, -0.05) is 20.8 Å². The fourth-order valence-corrected chi connectivity index (χ4v) is 8.11. The third kappa shape index (κ3) is 2.34. The third-order valence-corrected chi connectivity index (χ3v) is 9.19. The van der Waals surface area contributed by atoms with Crippen molar-refractivity contribution < 1.29 is 9.50 Å². The minimum atomic E-state index is -0.984. The summed E-state index contributed by atoms with van der Waals surface area (Å²) in [5.74, 6) is 3.34. The summed E-state index contributed by atoms with van der Waals surface area (Å²) in [6, 6.07) is 0. The molecule has 0 amide bonds. The lowest BCUT2D eigenvalue weighted by atomic mass is 9.47. The molecule has 0 aromatic carbocycles. The minimum Gasteiger partial charge on any atom is -0.390 e. The maximum atomic E-state index is 16.2. The molecule has 1 N–H and O–H groups in total. The Morgan fingerprint density at radius 2 is 1.67 bits per heavy atom. The summed E-state index contributed by atoms with van der Waals surface area (Å²) >= 11 is 0. The summed E-state index contributed by atoms with van der Waals surface area (Å²) in [6.07, 6.45) is 9.17. The molecule has 1 nitrogen and oxygen atoms in total. The molecule has 0 aliphatic heterocycles. The van der Waals surface area contributed by atoms with Crippen LogP contribution in [0.4, 0.5) is 4.39 Å². The van der Waals surface area contributed by atoms with Crippen LogP contribution in [-0.2, 0) is 0 Å². The Kier molecular flexibility index (Phi) is 3.93. The second-order valence-electron chi connectivity index (χ2n) is 10.8. The van der Waals surface area contributed by atoms with Gasteiger partial charge in [0.2, 0.25) is 0 Å². The molecule has 4 fully saturated rings. The topological polar surface area (TPSA) is 20.2 Å². The Hall–Kier alpha value is -0.110. The fraction of sp³-hybridized carbons (Fsp3) is 1.00. The van der Waals surface area contributed by atoms with E-state index in [0.717, 1.165) is 30.6 Å². The average Bonchev–Trinajstić information content (AvgIpc) is 2.85. The van der Waals surface area contributed by atoms with E-state index in [0.29, 0.717) is 30.6 Å². The van der Waals surface area contributed by atoms with Crippen LogP contribution in [0.5, 0.6) is 0 Å². The zero-order valence-corrected chi connectivity index (χ0v) is 16.2. The Morgan fingerprint density at radius 1 is 0.917 bits per heavy atom. The Balaban J connectivity index is 1.60. The van der Waals surface area contributed by atoms with E-state index in [4.69, 9.17) is 0 Å². The predicted molar refractivity (Wildman–Crippen MR) is 96.4 cm³/mol. The van der Waals surface area contributed by atoms with Crippen molar-refractivity contribution in [1.29, 1.82) is 0 Å². The molecular weight excluding hydrogens is 299 g/mol. The molecule has 0 radical (unpaired) electrons. The van der Waals surface area contributed by atoms with E-state index in [-0.39, 0.29) is 11.8 Å². The van der Waals surface area contributed by atoms with E-state index in [9.17, 15) is 5.11 Å². The number of hydrogen-bond acceptors (Lipinski definition) is 1. The van der Waals surface area contributed by atoms with Gasteiger partial charge in [-0.05, 0) is 106 Å². The summed E-state index contributed by atoms with van der Waals surface area (Å²) < 4.78 is 16.2. The van der Waals surface area contributed by atoms with E-state index >= 15 is 4.39 Å². The van der Waals surface area contributed by atoms with Gasteiger partial charge in [0.25, 0.3) is 0 Å². The molecule has 4 saturated carbocycles. The maximum Gasteiger partial charge on any atom is 0.117 e. The van der Waals surface area contributed by atoms with Gasteiger partial charge in [0, 0.05) is 0 Å². The van der Waals surface area contributed by atoms with Crippen molar-refractivity contribution >= 4 is 0 Å². The lowest BCUT2D eigenvalue weighted by Crippen LogP contribution is -2.58. The molecule has 4 rings (SSSR count). The van der Waals surface area contributed by atoms with E-state index in [1.54, 1.807) is 0 Å². The van der Waals surface area contributed by atoms with Crippen molar-refractivity contribution in [2.75, 3.05) is 0 Å². The highest BCUT2D eigenvalue weighted by Crippen LogP contribution is 2.67. The molecule has 8 atom stereocenters. The van der Waals surface area contributed by atoms with Gasteiger partial charge in [0.05, 0.1) is 5.60 Å². The second kappa shape index (κ2) is 5.44. The highest BCUT2D eigenvalue weighted by molar-refractivity contribution is 5.12. The lowest BCUT2D eigenvalue weighted by molar-refractivity contribution is -0.165. The summed E-state index contributed by atoms with van der Waals surface area (Å²) in [5.41, 5.74) is -1.16. The van der Waals surface area contributed by atoms with Crippen molar-refractivity contribution in [3.05, 3.63) is 0 Å². The van der Waals surface area contributed by atoms with Crippen LogP contribution >= 0.6 is 0 Å². The van der Waals surface area contributed by atoms with Gasteiger partial charge in [-0.2, -0.15) is 0 Å². The molecular formula is C22H37FO. The van der Waals surface area contributed by atoms with Crippen LogP contribution in [-0.4, -0.2) is 16.4 Å². The van der Waals surface area contributed by atoms with Crippen LogP contribution in [0.3, 0.4) is 0 Å². The average molecular weight is 337 g/mol. The monoisotopic (exact) mass is 336 g/mol. The first-order chi connectivity index (χ1) is 11.2. The van der Waals surface area contributed by atoms with Crippen molar-refractivity contribution in [1.82, 2.24) is 0 Å². The van der Waals surface area contributed by atoms with Gasteiger partial charge < -0.3 is 5.11 Å². The highest BCUT2D eigenvalue weighted by Gasteiger charge is 2.63. The molecule has 0 spiro atoms. The van der Waals surface area contributed by atoms with Crippen molar-refractivity contribution in [2.45, 2.75) is 96.8 Å². The number of hydrogen-bond donors (Lipinski definition) is 1. The summed E-state index contributed by atoms with van der Waals surface area (Å²) in [6.45, 7) is 9.23. The molecule has 4 aliphatic rings.